The Balaban J connectivity index is 2.59. The van der Waals surface area contributed by atoms with E-state index in [1.807, 2.05) is 17.6 Å². The third-order valence-electron chi connectivity index (χ3n) is 2.96. The quantitative estimate of drug-likeness (QED) is 0.936. The lowest BCUT2D eigenvalue weighted by Crippen LogP contribution is -2.00. The van der Waals surface area contributed by atoms with E-state index in [1.165, 1.54) is 0 Å². The van der Waals surface area contributed by atoms with Gasteiger partial charge in [-0.3, -0.25) is 0 Å². The van der Waals surface area contributed by atoms with Gasteiger partial charge in [-0.2, -0.15) is 0 Å². The number of rotatable bonds is 4. The molecule has 19 heavy (non-hydrogen) atoms. The Hall–Kier alpha value is -1.88. The average Bonchev–Trinajstić information content (AvgIpc) is 2.79. The maximum atomic E-state index is 6.34. The van der Waals surface area contributed by atoms with Crippen molar-refractivity contribution in [2.45, 2.75) is 13.5 Å². The number of benzene rings is 1. The molecule has 0 bridgehead atoms. The molecule has 0 aliphatic heterocycles. The van der Waals surface area contributed by atoms with Crippen molar-refractivity contribution in [2.24, 2.45) is 0 Å². The highest BCUT2D eigenvalue weighted by Crippen LogP contribution is 2.42. The molecule has 0 atom stereocenters. The highest BCUT2D eigenvalue weighted by atomic mass is 35.5. The molecule has 102 valence electrons. The lowest BCUT2D eigenvalue weighted by Gasteiger charge is -2.12. The molecule has 0 saturated carbocycles. The third kappa shape index (κ3) is 2.21. The van der Waals surface area contributed by atoms with E-state index in [0.717, 1.165) is 12.1 Å². The van der Waals surface area contributed by atoms with E-state index in [-0.39, 0.29) is 0 Å². The van der Waals surface area contributed by atoms with E-state index >= 15 is 0 Å². The molecule has 2 N–H and O–H groups in total. The number of ether oxygens (including phenoxy) is 2. The van der Waals surface area contributed by atoms with Gasteiger partial charge < -0.3 is 19.8 Å². The summed E-state index contributed by atoms with van der Waals surface area (Å²) in [6.45, 7) is 2.75. The summed E-state index contributed by atoms with van der Waals surface area (Å²) in [5.41, 5.74) is 7.42. The van der Waals surface area contributed by atoms with Gasteiger partial charge in [0.1, 0.15) is 11.5 Å². The summed E-state index contributed by atoms with van der Waals surface area (Å²) in [6, 6.07) is 3.60. The fraction of sp³-hybridized carbons (Fsp3) is 0.308. The van der Waals surface area contributed by atoms with E-state index in [9.17, 15) is 0 Å². The molecule has 0 saturated heterocycles. The van der Waals surface area contributed by atoms with Gasteiger partial charge >= 0.3 is 0 Å². The number of aromatic nitrogens is 2. The maximum Gasteiger partial charge on any atom is 0.180 e. The first-order valence-electron chi connectivity index (χ1n) is 5.85. The van der Waals surface area contributed by atoms with Crippen molar-refractivity contribution in [1.82, 2.24) is 9.55 Å². The Kier molecular flexibility index (Phi) is 3.85. The molecule has 0 amide bonds. The van der Waals surface area contributed by atoms with Gasteiger partial charge in [-0.1, -0.05) is 11.6 Å². The van der Waals surface area contributed by atoms with Crippen LogP contribution in [0.3, 0.4) is 0 Å². The maximum absolute atomic E-state index is 6.34. The first-order valence-corrected chi connectivity index (χ1v) is 6.23. The zero-order valence-corrected chi connectivity index (χ0v) is 11.9. The number of imidazole rings is 1. The molecule has 1 aromatic heterocycles. The molecule has 0 aliphatic rings. The predicted octanol–water partition coefficient (Wildman–Crippen LogP) is 2.82. The van der Waals surface area contributed by atoms with Crippen molar-refractivity contribution in [3.05, 3.63) is 23.5 Å². The van der Waals surface area contributed by atoms with Gasteiger partial charge in [0.05, 0.1) is 25.6 Å². The molecule has 1 aromatic carbocycles. The van der Waals surface area contributed by atoms with Gasteiger partial charge in [0, 0.05) is 12.1 Å². The zero-order chi connectivity index (χ0) is 14.0. The average molecular weight is 282 g/mol. The second-order valence-electron chi connectivity index (χ2n) is 3.93. The van der Waals surface area contributed by atoms with Gasteiger partial charge in [0.15, 0.2) is 11.5 Å². The minimum atomic E-state index is 0.440. The van der Waals surface area contributed by atoms with Crippen LogP contribution in [0.1, 0.15) is 6.92 Å². The molecular weight excluding hydrogens is 266 g/mol. The van der Waals surface area contributed by atoms with Crippen molar-refractivity contribution < 1.29 is 9.47 Å². The molecule has 0 spiro atoms. The number of halogens is 1. The number of anilines is 1. The molecule has 0 radical (unpaired) electrons. The number of hydrogen-bond acceptors (Lipinski definition) is 4. The predicted molar refractivity (Wildman–Crippen MR) is 75.9 cm³/mol. The van der Waals surface area contributed by atoms with Gasteiger partial charge in [-0.05, 0) is 19.1 Å². The Morgan fingerprint density at radius 1 is 1.32 bits per heavy atom. The molecule has 1 heterocycles. The number of nitrogens with two attached hydrogens (primary N) is 1. The summed E-state index contributed by atoms with van der Waals surface area (Å²) in [6.07, 6.45) is 1.69. The highest BCUT2D eigenvalue weighted by molar-refractivity contribution is 6.35. The number of hydrogen-bond donors (Lipinski definition) is 1. The second kappa shape index (κ2) is 5.40. The first kappa shape index (κ1) is 13.5. The van der Waals surface area contributed by atoms with Gasteiger partial charge in [-0.25, -0.2) is 4.98 Å². The number of methoxy groups -OCH3 is 2. The lowest BCUT2D eigenvalue weighted by molar-refractivity contribution is 0.355. The Morgan fingerprint density at radius 3 is 2.58 bits per heavy atom. The Morgan fingerprint density at radius 2 is 2.05 bits per heavy atom. The standard InChI is InChI=1S/C13H16ClN3O2/c1-4-17-7-16-11(13(17)15)8-5-6-9(18-2)12(19-3)10(8)14/h5-7H,4,15H2,1-3H3. The summed E-state index contributed by atoms with van der Waals surface area (Å²) in [5, 5.41) is 0.440. The van der Waals surface area contributed by atoms with Crippen LogP contribution in [-0.2, 0) is 6.54 Å². The molecule has 5 nitrogen and oxygen atoms in total. The third-order valence-corrected chi connectivity index (χ3v) is 3.33. The van der Waals surface area contributed by atoms with Crippen LogP contribution in [0, 0.1) is 0 Å². The van der Waals surface area contributed by atoms with Crippen molar-refractivity contribution in [1.29, 1.82) is 0 Å². The van der Waals surface area contributed by atoms with Crippen LogP contribution in [0.5, 0.6) is 11.5 Å². The monoisotopic (exact) mass is 281 g/mol. The van der Waals surface area contributed by atoms with Gasteiger partial charge in [-0.15, -0.1) is 0 Å². The molecule has 2 rings (SSSR count). The second-order valence-corrected chi connectivity index (χ2v) is 4.31. The molecule has 0 fully saturated rings. The van der Waals surface area contributed by atoms with Crippen LogP contribution < -0.4 is 15.2 Å². The summed E-state index contributed by atoms with van der Waals surface area (Å²) in [4.78, 5) is 4.31. The number of aryl methyl sites for hydroxylation is 1. The summed E-state index contributed by atoms with van der Waals surface area (Å²) >= 11 is 6.34. The van der Waals surface area contributed by atoms with E-state index in [0.29, 0.717) is 28.0 Å². The fourth-order valence-electron chi connectivity index (χ4n) is 1.92. The minimum absolute atomic E-state index is 0.440. The van der Waals surface area contributed by atoms with Crippen LogP contribution in [0.2, 0.25) is 5.02 Å². The molecular formula is C13H16ClN3O2. The van der Waals surface area contributed by atoms with E-state index < -0.39 is 0 Å². The molecule has 0 unspecified atom stereocenters. The Bertz CT molecular complexity index is 596. The fourth-order valence-corrected chi connectivity index (χ4v) is 2.25. The van der Waals surface area contributed by atoms with E-state index in [4.69, 9.17) is 26.8 Å². The SMILES string of the molecule is CCn1cnc(-c2ccc(OC)c(OC)c2Cl)c1N. The van der Waals surface area contributed by atoms with Crippen LogP contribution in [0.25, 0.3) is 11.3 Å². The summed E-state index contributed by atoms with van der Waals surface area (Å²) in [7, 11) is 3.11. The normalized spacial score (nSPS) is 10.5. The number of nitrogens with zero attached hydrogens (tertiary/aromatic N) is 2. The smallest absolute Gasteiger partial charge is 0.180 e. The summed E-state index contributed by atoms with van der Waals surface area (Å²) in [5.74, 6) is 1.63. The number of nitrogen functional groups attached to an aromatic ring is 1. The molecule has 0 aliphatic carbocycles. The van der Waals surface area contributed by atoms with Gasteiger partial charge in [0.2, 0.25) is 0 Å². The topological polar surface area (TPSA) is 62.3 Å². The van der Waals surface area contributed by atoms with Crippen LogP contribution in [-0.4, -0.2) is 23.8 Å². The zero-order valence-electron chi connectivity index (χ0n) is 11.1. The Labute approximate surface area is 116 Å². The minimum Gasteiger partial charge on any atom is -0.493 e. The molecule has 6 heteroatoms. The highest BCUT2D eigenvalue weighted by Gasteiger charge is 2.18. The van der Waals surface area contributed by atoms with E-state index in [2.05, 4.69) is 4.98 Å². The van der Waals surface area contributed by atoms with Crippen LogP contribution in [0.15, 0.2) is 18.5 Å². The first-order chi connectivity index (χ1) is 9.13. The lowest BCUT2D eigenvalue weighted by atomic mass is 10.1. The van der Waals surface area contributed by atoms with Crippen LogP contribution >= 0.6 is 11.6 Å². The van der Waals surface area contributed by atoms with Crippen molar-refractivity contribution in [3.63, 3.8) is 0 Å². The molecule has 2 aromatic rings. The van der Waals surface area contributed by atoms with Crippen LogP contribution in [0.4, 0.5) is 5.82 Å². The van der Waals surface area contributed by atoms with Gasteiger partial charge in [0.25, 0.3) is 0 Å². The van der Waals surface area contributed by atoms with Crippen molar-refractivity contribution in [3.8, 4) is 22.8 Å². The largest absolute Gasteiger partial charge is 0.493 e. The van der Waals surface area contributed by atoms with Crippen molar-refractivity contribution >= 4 is 17.4 Å². The van der Waals surface area contributed by atoms with E-state index in [1.54, 1.807) is 26.6 Å². The van der Waals surface area contributed by atoms with Crippen molar-refractivity contribution in [2.75, 3.05) is 20.0 Å². The summed E-state index contributed by atoms with van der Waals surface area (Å²) < 4.78 is 12.3.